The number of para-hydroxylation sites is 1. The van der Waals surface area contributed by atoms with E-state index in [1.807, 2.05) is 12.1 Å². The van der Waals surface area contributed by atoms with E-state index in [4.69, 9.17) is 4.42 Å². The van der Waals surface area contributed by atoms with E-state index in [2.05, 4.69) is 198 Å². The summed E-state index contributed by atoms with van der Waals surface area (Å²) in [6.45, 7) is 14.4. The minimum absolute atomic E-state index is 0.0665. The summed E-state index contributed by atoms with van der Waals surface area (Å²) in [5.74, 6) is 0. The average molecular weight is 760 g/mol. The van der Waals surface area contributed by atoms with E-state index in [9.17, 15) is 0 Å². The molecule has 1 aromatic heterocycles. The largest absolute Gasteiger partial charge is 0.456 e. The minimum Gasteiger partial charge on any atom is -0.456 e. The zero-order chi connectivity index (χ0) is 40.0. The van der Waals surface area contributed by atoms with Crippen LogP contribution in [0.1, 0.15) is 74.9 Å². The molecule has 0 atom stereocenters. The van der Waals surface area contributed by atoms with Gasteiger partial charge in [0, 0.05) is 38.4 Å². The highest BCUT2D eigenvalue weighted by atomic mass is 16.3. The van der Waals surface area contributed by atoms with Gasteiger partial charge in [0.1, 0.15) is 11.2 Å². The van der Waals surface area contributed by atoms with Gasteiger partial charge < -0.3 is 9.32 Å². The van der Waals surface area contributed by atoms with Crippen LogP contribution in [0, 0.1) is 0 Å². The molecule has 0 saturated carbocycles. The average Bonchev–Trinajstić information content (AvgIpc) is 3.89. The highest BCUT2D eigenvalue weighted by molar-refractivity contribution is 6.06. The third kappa shape index (κ3) is 4.63. The van der Waals surface area contributed by atoms with E-state index in [0.717, 1.165) is 38.8 Å². The van der Waals surface area contributed by atoms with E-state index in [0.29, 0.717) is 0 Å². The van der Waals surface area contributed by atoms with Gasteiger partial charge in [0.05, 0.1) is 5.69 Å². The summed E-state index contributed by atoms with van der Waals surface area (Å²) >= 11 is 0. The van der Waals surface area contributed by atoms with Crippen molar-refractivity contribution in [3.63, 3.8) is 0 Å². The molecule has 12 rings (SSSR count). The molecule has 0 saturated heterocycles. The number of benzene rings is 8. The number of hydrogen-bond donors (Lipinski definition) is 0. The Balaban J connectivity index is 1.03. The second-order valence-electron chi connectivity index (χ2n) is 18.5. The van der Waals surface area contributed by atoms with Crippen LogP contribution in [0.15, 0.2) is 168 Å². The molecule has 2 nitrogen and oxygen atoms in total. The van der Waals surface area contributed by atoms with Crippen LogP contribution >= 0.6 is 0 Å². The van der Waals surface area contributed by atoms with Crippen LogP contribution in [0.5, 0.6) is 0 Å². The van der Waals surface area contributed by atoms with E-state index in [1.165, 1.54) is 78.1 Å². The molecule has 0 spiro atoms. The molecular formula is C57H45NO. The molecule has 284 valence electrons. The van der Waals surface area contributed by atoms with Gasteiger partial charge in [-0.1, -0.05) is 145 Å². The van der Waals surface area contributed by atoms with Crippen molar-refractivity contribution in [3.05, 3.63) is 197 Å². The minimum atomic E-state index is -0.246. The zero-order valence-corrected chi connectivity index (χ0v) is 34.4. The van der Waals surface area contributed by atoms with Crippen molar-refractivity contribution >= 4 is 39.0 Å². The molecule has 1 heterocycles. The van der Waals surface area contributed by atoms with Gasteiger partial charge >= 0.3 is 0 Å². The van der Waals surface area contributed by atoms with Gasteiger partial charge in [0.25, 0.3) is 0 Å². The molecule has 3 aliphatic carbocycles. The highest BCUT2D eigenvalue weighted by Gasteiger charge is 2.44. The highest BCUT2D eigenvalue weighted by Crippen LogP contribution is 2.59. The fourth-order valence-corrected chi connectivity index (χ4v) is 11.2. The Morgan fingerprint density at radius 2 is 0.898 bits per heavy atom. The maximum atomic E-state index is 6.30. The van der Waals surface area contributed by atoms with Crippen molar-refractivity contribution in [2.24, 2.45) is 0 Å². The summed E-state index contributed by atoms with van der Waals surface area (Å²) in [6, 6.07) is 61.1. The topological polar surface area (TPSA) is 16.4 Å². The van der Waals surface area contributed by atoms with Crippen molar-refractivity contribution < 1.29 is 4.42 Å². The SMILES string of the molecule is CC1(C)c2ccccc2-c2ccc(N(c3ccc(-c4ccc5c(c4)oc4ccccc45)cc3)c3cccc4c3C(C)(C)c3cc5c(cc3-4)C(C)(C)c3ccccc3-5)cc21. The van der Waals surface area contributed by atoms with Crippen molar-refractivity contribution in [2.75, 3.05) is 4.90 Å². The summed E-state index contributed by atoms with van der Waals surface area (Å²) < 4.78 is 6.30. The van der Waals surface area contributed by atoms with Crippen LogP contribution in [-0.4, -0.2) is 0 Å². The first-order chi connectivity index (χ1) is 28.5. The lowest BCUT2D eigenvalue weighted by molar-refractivity contribution is 0.652. The van der Waals surface area contributed by atoms with E-state index < -0.39 is 0 Å². The van der Waals surface area contributed by atoms with Crippen molar-refractivity contribution in [2.45, 2.75) is 57.8 Å². The summed E-state index contributed by atoms with van der Waals surface area (Å²) in [5.41, 5.74) is 23.6. The lowest BCUT2D eigenvalue weighted by Gasteiger charge is -2.33. The Bertz CT molecular complexity index is 3240. The second kappa shape index (κ2) is 11.7. The van der Waals surface area contributed by atoms with Crippen LogP contribution in [-0.2, 0) is 16.2 Å². The third-order valence-corrected chi connectivity index (χ3v) is 14.3. The lowest BCUT2D eigenvalue weighted by atomic mass is 9.78. The van der Waals surface area contributed by atoms with Gasteiger partial charge in [-0.15, -0.1) is 0 Å². The van der Waals surface area contributed by atoms with Crippen LogP contribution < -0.4 is 4.90 Å². The van der Waals surface area contributed by atoms with Gasteiger partial charge in [-0.05, 0) is 139 Å². The van der Waals surface area contributed by atoms with Crippen LogP contribution in [0.2, 0.25) is 0 Å². The quantitative estimate of drug-likeness (QED) is 0.178. The van der Waals surface area contributed by atoms with E-state index >= 15 is 0 Å². The van der Waals surface area contributed by atoms with Gasteiger partial charge in [0.15, 0.2) is 0 Å². The van der Waals surface area contributed by atoms with Crippen LogP contribution in [0.3, 0.4) is 0 Å². The lowest BCUT2D eigenvalue weighted by Crippen LogP contribution is -2.21. The van der Waals surface area contributed by atoms with Crippen molar-refractivity contribution in [3.8, 4) is 44.5 Å². The third-order valence-electron chi connectivity index (χ3n) is 14.3. The molecule has 0 radical (unpaired) electrons. The first kappa shape index (κ1) is 34.4. The fraction of sp³-hybridized carbons (Fsp3) is 0.158. The van der Waals surface area contributed by atoms with E-state index in [-0.39, 0.29) is 16.2 Å². The molecule has 3 aliphatic rings. The first-order valence-electron chi connectivity index (χ1n) is 21.0. The second-order valence-corrected chi connectivity index (χ2v) is 18.5. The fourth-order valence-electron chi connectivity index (χ4n) is 11.2. The number of nitrogens with zero attached hydrogens (tertiary/aromatic N) is 1. The van der Waals surface area contributed by atoms with Crippen LogP contribution in [0.25, 0.3) is 66.4 Å². The molecule has 8 aromatic carbocycles. The zero-order valence-electron chi connectivity index (χ0n) is 34.4. The molecule has 0 N–H and O–H groups in total. The number of furan rings is 1. The number of hydrogen-bond acceptors (Lipinski definition) is 2. The summed E-state index contributed by atoms with van der Waals surface area (Å²) in [4.78, 5) is 2.52. The predicted octanol–water partition coefficient (Wildman–Crippen LogP) is 15.6. The molecule has 0 aliphatic heterocycles. The molecule has 59 heavy (non-hydrogen) atoms. The van der Waals surface area contributed by atoms with E-state index in [1.54, 1.807) is 0 Å². The normalized spacial score (nSPS) is 15.7. The maximum absolute atomic E-state index is 6.30. The Kier molecular flexibility index (Phi) is 6.84. The molecule has 9 aromatic rings. The van der Waals surface area contributed by atoms with Crippen molar-refractivity contribution in [1.82, 2.24) is 0 Å². The smallest absolute Gasteiger partial charge is 0.136 e. The Hall–Kier alpha value is -6.64. The molecule has 0 unspecified atom stereocenters. The summed E-state index contributed by atoms with van der Waals surface area (Å²) in [6.07, 6.45) is 0. The predicted molar refractivity (Wildman–Crippen MR) is 247 cm³/mol. The number of rotatable bonds is 4. The summed E-state index contributed by atoms with van der Waals surface area (Å²) in [7, 11) is 0. The molecule has 0 fully saturated rings. The first-order valence-corrected chi connectivity index (χ1v) is 21.0. The Labute approximate surface area is 346 Å². The maximum Gasteiger partial charge on any atom is 0.136 e. The molecule has 0 amide bonds. The number of anilines is 3. The van der Waals surface area contributed by atoms with Gasteiger partial charge in [-0.25, -0.2) is 0 Å². The monoisotopic (exact) mass is 759 g/mol. The van der Waals surface area contributed by atoms with Gasteiger partial charge in [-0.2, -0.15) is 0 Å². The van der Waals surface area contributed by atoms with Crippen molar-refractivity contribution in [1.29, 1.82) is 0 Å². The van der Waals surface area contributed by atoms with Gasteiger partial charge in [0.2, 0.25) is 0 Å². The Morgan fingerprint density at radius 1 is 0.356 bits per heavy atom. The molecule has 0 bridgehead atoms. The van der Waals surface area contributed by atoms with Gasteiger partial charge in [-0.3, -0.25) is 0 Å². The Morgan fingerprint density at radius 3 is 1.64 bits per heavy atom. The van der Waals surface area contributed by atoms with Crippen LogP contribution in [0.4, 0.5) is 17.1 Å². The molecule has 2 heteroatoms. The standard InChI is InChI=1S/C57H45NO/c1-55(2)46-18-10-7-14-38(46)40-29-27-37(31-48(40)55)58(36-25-22-34(23-26-36)35-24-28-42-41-16-9-12-21-52(41)59-53(42)30-35)51-20-13-17-43-45-33-49-44(32-50(45)57(5,6)54(43)51)39-15-8-11-19-47(39)56(49,3)4/h7-33H,1-6H3. The number of fused-ring (bicyclic) bond motifs is 12. The summed E-state index contributed by atoms with van der Waals surface area (Å²) in [5, 5.41) is 2.30. The molecular weight excluding hydrogens is 715 g/mol.